The van der Waals surface area contributed by atoms with Crippen molar-refractivity contribution in [3.63, 3.8) is 0 Å². The molecule has 134 valence electrons. The van der Waals surface area contributed by atoms with E-state index >= 15 is 0 Å². The highest BCUT2D eigenvalue weighted by Gasteiger charge is 2.22. The van der Waals surface area contributed by atoms with Crippen LogP contribution in [0.2, 0.25) is 0 Å². The molecular weight excluding hydrogens is 316 g/mol. The summed E-state index contributed by atoms with van der Waals surface area (Å²) in [5.74, 6) is 2.17. The molecule has 0 radical (unpaired) electrons. The van der Waals surface area contributed by atoms with Gasteiger partial charge in [-0.05, 0) is 23.7 Å². The summed E-state index contributed by atoms with van der Waals surface area (Å²) in [6.45, 7) is 8.66. The first-order valence-corrected chi connectivity index (χ1v) is 10.0. The Kier molecular flexibility index (Phi) is 15.2. The second kappa shape index (κ2) is 15.9. The lowest BCUT2D eigenvalue weighted by molar-refractivity contribution is -0.142. The van der Waals surface area contributed by atoms with Crippen molar-refractivity contribution in [1.29, 1.82) is 0 Å². The average Bonchev–Trinajstić information content (AvgIpc) is 2.55. The van der Waals surface area contributed by atoms with Gasteiger partial charge >= 0.3 is 11.9 Å². The second-order valence-corrected chi connectivity index (χ2v) is 7.41. The molecule has 0 unspecified atom stereocenters. The standard InChI is InChI=1S/C17H31O5S/c1-4-7-13-23(14-8-5-2)15-17(19)22-12-10-20-9-11-21-16(18)6-3/h6H,3-5,7-15H2,1-2H3/q+1. The number of carbonyl (C=O) groups is 2. The molecule has 0 saturated carbocycles. The van der Waals surface area contributed by atoms with Crippen LogP contribution >= 0.6 is 0 Å². The van der Waals surface area contributed by atoms with Gasteiger partial charge in [-0.15, -0.1) is 0 Å². The molecule has 0 aliphatic heterocycles. The molecular formula is C17H31O5S+. The van der Waals surface area contributed by atoms with E-state index in [9.17, 15) is 9.59 Å². The minimum absolute atomic E-state index is 0.137. The molecule has 0 aromatic rings. The van der Waals surface area contributed by atoms with Crippen molar-refractivity contribution in [3.8, 4) is 0 Å². The van der Waals surface area contributed by atoms with Crippen LogP contribution in [0.4, 0.5) is 0 Å². The summed E-state index contributed by atoms with van der Waals surface area (Å²) in [7, 11) is 0.147. The number of carbonyl (C=O) groups excluding carboxylic acids is 2. The largest absolute Gasteiger partial charge is 0.460 e. The minimum atomic E-state index is -0.466. The van der Waals surface area contributed by atoms with Crippen molar-refractivity contribution in [1.82, 2.24) is 0 Å². The quantitative estimate of drug-likeness (QED) is 0.197. The van der Waals surface area contributed by atoms with Gasteiger partial charge in [-0.3, -0.25) is 0 Å². The zero-order chi connectivity index (χ0) is 17.3. The van der Waals surface area contributed by atoms with Gasteiger partial charge in [0.1, 0.15) is 24.7 Å². The maximum absolute atomic E-state index is 11.8. The van der Waals surface area contributed by atoms with Gasteiger partial charge in [0, 0.05) is 6.08 Å². The predicted octanol–water partition coefficient (Wildman–Crippen LogP) is 2.49. The van der Waals surface area contributed by atoms with Crippen LogP contribution in [-0.2, 0) is 34.7 Å². The third-order valence-corrected chi connectivity index (χ3v) is 5.40. The maximum Gasteiger partial charge on any atom is 0.356 e. The van der Waals surface area contributed by atoms with E-state index < -0.39 is 5.97 Å². The van der Waals surface area contributed by atoms with Gasteiger partial charge in [-0.25, -0.2) is 9.59 Å². The molecule has 5 nitrogen and oxygen atoms in total. The summed E-state index contributed by atoms with van der Waals surface area (Å²) in [5.41, 5.74) is 0. The summed E-state index contributed by atoms with van der Waals surface area (Å²) in [4.78, 5) is 22.6. The van der Waals surface area contributed by atoms with E-state index in [4.69, 9.17) is 14.2 Å². The Labute approximate surface area is 143 Å². The van der Waals surface area contributed by atoms with Crippen LogP contribution in [0.5, 0.6) is 0 Å². The number of unbranched alkanes of at least 4 members (excludes halogenated alkanes) is 2. The van der Waals surface area contributed by atoms with Crippen molar-refractivity contribution >= 4 is 22.8 Å². The molecule has 0 heterocycles. The summed E-state index contributed by atoms with van der Waals surface area (Å²) in [6, 6.07) is 0. The molecule has 0 rings (SSSR count). The van der Waals surface area contributed by atoms with E-state index in [2.05, 4.69) is 20.4 Å². The molecule has 0 aromatic heterocycles. The van der Waals surface area contributed by atoms with Gasteiger partial charge in [0.05, 0.1) is 13.2 Å². The molecule has 0 atom stereocenters. The highest BCUT2D eigenvalue weighted by atomic mass is 32.2. The van der Waals surface area contributed by atoms with E-state index in [1.165, 1.54) is 12.8 Å². The first-order valence-electron chi connectivity index (χ1n) is 8.30. The van der Waals surface area contributed by atoms with Crippen LogP contribution in [0.1, 0.15) is 39.5 Å². The van der Waals surface area contributed by atoms with Crippen molar-refractivity contribution in [2.24, 2.45) is 0 Å². The fourth-order valence-corrected chi connectivity index (χ4v) is 4.03. The maximum atomic E-state index is 11.8. The topological polar surface area (TPSA) is 61.8 Å². The smallest absolute Gasteiger partial charge is 0.356 e. The van der Waals surface area contributed by atoms with E-state index in [0.29, 0.717) is 12.4 Å². The van der Waals surface area contributed by atoms with Crippen molar-refractivity contribution in [3.05, 3.63) is 12.7 Å². The fourth-order valence-electron chi connectivity index (χ4n) is 1.73. The molecule has 23 heavy (non-hydrogen) atoms. The van der Waals surface area contributed by atoms with Crippen LogP contribution in [0, 0.1) is 0 Å². The Hall–Kier alpha value is -1.01. The van der Waals surface area contributed by atoms with E-state index in [-0.39, 0.29) is 36.7 Å². The Morgan fingerprint density at radius 1 is 0.957 bits per heavy atom. The SMILES string of the molecule is C=CC(=O)OCCOCCOC(=O)C[S+](CCCC)CCCC. The zero-order valence-electron chi connectivity index (χ0n) is 14.5. The average molecular weight is 347 g/mol. The highest BCUT2D eigenvalue weighted by Crippen LogP contribution is 2.06. The summed E-state index contributed by atoms with van der Waals surface area (Å²) >= 11 is 0. The van der Waals surface area contributed by atoms with Crippen LogP contribution in [0.3, 0.4) is 0 Å². The molecule has 0 aliphatic carbocycles. The Balaban J connectivity index is 3.69. The van der Waals surface area contributed by atoms with Crippen LogP contribution < -0.4 is 0 Å². The predicted molar refractivity (Wildman–Crippen MR) is 94.7 cm³/mol. The third kappa shape index (κ3) is 14.3. The number of hydrogen-bond donors (Lipinski definition) is 0. The fraction of sp³-hybridized carbons (Fsp3) is 0.765. The van der Waals surface area contributed by atoms with Gasteiger partial charge in [0.15, 0.2) is 0 Å². The molecule has 0 spiro atoms. The zero-order valence-corrected chi connectivity index (χ0v) is 15.3. The van der Waals surface area contributed by atoms with E-state index in [0.717, 1.165) is 30.4 Å². The van der Waals surface area contributed by atoms with Crippen molar-refractivity contribution in [2.75, 3.05) is 43.7 Å². The van der Waals surface area contributed by atoms with Gasteiger partial charge in [-0.1, -0.05) is 33.3 Å². The lowest BCUT2D eigenvalue weighted by Gasteiger charge is -2.09. The lowest BCUT2D eigenvalue weighted by atomic mass is 10.4. The van der Waals surface area contributed by atoms with Gasteiger partial charge in [-0.2, -0.15) is 0 Å². The summed E-state index contributed by atoms with van der Waals surface area (Å²) in [6.07, 6.45) is 5.78. The second-order valence-electron chi connectivity index (χ2n) is 5.08. The lowest BCUT2D eigenvalue weighted by Crippen LogP contribution is -2.25. The number of rotatable bonds is 15. The Bertz CT molecular complexity index is 325. The summed E-state index contributed by atoms with van der Waals surface area (Å²) < 4.78 is 15.2. The Morgan fingerprint density at radius 3 is 2.04 bits per heavy atom. The first kappa shape index (κ1) is 22.0. The molecule has 0 fully saturated rings. The monoisotopic (exact) mass is 347 g/mol. The molecule has 0 N–H and O–H groups in total. The van der Waals surface area contributed by atoms with Crippen LogP contribution in [0.25, 0.3) is 0 Å². The highest BCUT2D eigenvalue weighted by molar-refractivity contribution is 7.97. The molecule has 6 heteroatoms. The molecule has 0 amide bonds. The minimum Gasteiger partial charge on any atom is -0.460 e. The molecule has 0 aromatic carbocycles. The van der Waals surface area contributed by atoms with Gasteiger partial charge < -0.3 is 14.2 Å². The van der Waals surface area contributed by atoms with E-state index in [1.807, 2.05) is 0 Å². The third-order valence-electron chi connectivity index (χ3n) is 3.02. The van der Waals surface area contributed by atoms with Crippen molar-refractivity contribution in [2.45, 2.75) is 39.5 Å². The number of esters is 2. The van der Waals surface area contributed by atoms with Crippen LogP contribution in [0.15, 0.2) is 12.7 Å². The molecule has 0 aliphatic rings. The molecule has 0 bridgehead atoms. The number of hydrogen-bond acceptors (Lipinski definition) is 5. The first-order chi connectivity index (χ1) is 11.1. The van der Waals surface area contributed by atoms with Crippen molar-refractivity contribution < 1.29 is 23.8 Å². The normalized spacial score (nSPS) is 10.6. The summed E-state index contributed by atoms with van der Waals surface area (Å²) in [5, 5.41) is 0. The van der Waals surface area contributed by atoms with Crippen LogP contribution in [-0.4, -0.2) is 55.6 Å². The van der Waals surface area contributed by atoms with E-state index in [1.54, 1.807) is 0 Å². The molecule has 0 saturated heterocycles. The van der Waals surface area contributed by atoms with Gasteiger partial charge in [0.2, 0.25) is 5.75 Å². The number of ether oxygens (including phenoxy) is 3. The Morgan fingerprint density at radius 2 is 1.52 bits per heavy atom. The van der Waals surface area contributed by atoms with Gasteiger partial charge in [0.25, 0.3) is 0 Å².